The lowest BCUT2D eigenvalue weighted by molar-refractivity contribution is -0.117. The molecule has 0 aliphatic carbocycles. The molecule has 0 spiro atoms. The molecule has 11 heteroatoms. The van der Waals surface area contributed by atoms with Crippen LogP contribution in [0.3, 0.4) is 0 Å². The standard InChI is InChI=1S/C16H22Cl2N2O6S/c1-16(2,3)26-15(22)19-8-13(21)20(4)12-7-6-11(17)10(14(12)18)9-25-27(5,23)24/h6-7H,8-9H2,1-5H3,(H,19,22). The van der Waals surface area contributed by atoms with Gasteiger partial charge in [-0.3, -0.25) is 8.98 Å². The minimum atomic E-state index is -3.70. The van der Waals surface area contributed by atoms with Gasteiger partial charge in [-0.25, -0.2) is 4.79 Å². The van der Waals surface area contributed by atoms with Crippen LogP contribution in [-0.4, -0.2) is 45.9 Å². The summed E-state index contributed by atoms with van der Waals surface area (Å²) in [6.45, 7) is 4.42. The number of hydrogen-bond donors (Lipinski definition) is 1. The van der Waals surface area contributed by atoms with Gasteiger partial charge >= 0.3 is 6.09 Å². The molecular formula is C16H22Cl2N2O6S. The van der Waals surface area contributed by atoms with Gasteiger partial charge < -0.3 is 15.0 Å². The second-order valence-electron chi connectivity index (χ2n) is 6.63. The van der Waals surface area contributed by atoms with E-state index in [9.17, 15) is 18.0 Å². The number of carbonyl (C=O) groups is 2. The van der Waals surface area contributed by atoms with Crippen molar-refractivity contribution in [3.05, 3.63) is 27.7 Å². The highest BCUT2D eigenvalue weighted by molar-refractivity contribution is 7.85. The number of alkyl carbamates (subject to hydrolysis) is 1. The van der Waals surface area contributed by atoms with Crippen molar-refractivity contribution >= 4 is 51.0 Å². The predicted molar refractivity (Wildman–Crippen MR) is 104 cm³/mol. The van der Waals surface area contributed by atoms with Crippen LogP contribution < -0.4 is 10.2 Å². The Labute approximate surface area is 168 Å². The van der Waals surface area contributed by atoms with Crippen LogP contribution in [0.2, 0.25) is 10.0 Å². The Morgan fingerprint density at radius 3 is 2.33 bits per heavy atom. The summed E-state index contributed by atoms with van der Waals surface area (Å²) in [5, 5.41) is 2.62. The zero-order valence-corrected chi connectivity index (χ0v) is 18.0. The summed E-state index contributed by atoms with van der Waals surface area (Å²) in [5.41, 5.74) is -0.183. The van der Waals surface area contributed by atoms with Crippen LogP contribution in [0, 0.1) is 0 Å². The Bertz CT molecular complexity index is 821. The largest absolute Gasteiger partial charge is 0.444 e. The average molecular weight is 441 g/mol. The van der Waals surface area contributed by atoms with Crippen molar-refractivity contribution in [2.45, 2.75) is 33.0 Å². The number of anilines is 1. The van der Waals surface area contributed by atoms with Crippen LogP contribution in [-0.2, 0) is 30.4 Å². The lowest BCUT2D eigenvalue weighted by Gasteiger charge is -2.22. The fraction of sp³-hybridized carbons (Fsp3) is 0.500. The van der Waals surface area contributed by atoms with Gasteiger partial charge in [0.25, 0.3) is 10.1 Å². The van der Waals surface area contributed by atoms with Gasteiger partial charge in [0.15, 0.2) is 0 Å². The van der Waals surface area contributed by atoms with E-state index in [1.54, 1.807) is 20.8 Å². The highest BCUT2D eigenvalue weighted by Crippen LogP contribution is 2.34. The van der Waals surface area contributed by atoms with E-state index in [0.717, 1.165) is 6.26 Å². The van der Waals surface area contributed by atoms with Crippen LogP contribution in [0.4, 0.5) is 10.5 Å². The van der Waals surface area contributed by atoms with Gasteiger partial charge in [-0.05, 0) is 32.9 Å². The maximum Gasteiger partial charge on any atom is 0.408 e. The molecule has 0 radical (unpaired) electrons. The average Bonchev–Trinajstić information content (AvgIpc) is 2.49. The van der Waals surface area contributed by atoms with E-state index in [1.165, 1.54) is 24.1 Å². The van der Waals surface area contributed by atoms with Gasteiger partial charge in [0.2, 0.25) is 5.91 Å². The van der Waals surface area contributed by atoms with Gasteiger partial charge in [0.05, 0.1) is 23.6 Å². The molecule has 0 atom stereocenters. The number of nitrogens with one attached hydrogen (secondary N) is 1. The molecule has 1 aromatic rings. The molecule has 2 amide bonds. The first-order valence-electron chi connectivity index (χ1n) is 7.76. The normalized spacial score (nSPS) is 11.8. The summed E-state index contributed by atoms with van der Waals surface area (Å²) in [4.78, 5) is 25.2. The number of carbonyl (C=O) groups excluding carboxylic acids is 2. The quantitative estimate of drug-likeness (QED) is 0.682. The number of benzene rings is 1. The molecule has 27 heavy (non-hydrogen) atoms. The molecule has 0 saturated carbocycles. The molecule has 0 fully saturated rings. The number of rotatable bonds is 6. The van der Waals surface area contributed by atoms with E-state index < -0.39 is 27.7 Å². The fourth-order valence-electron chi connectivity index (χ4n) is 1.86. The van der Waals surface area contributed by atoms with Crippen molar-refractivity contribution in [3.8, 4) is 0 Å². The molecule has 0 aliphatic rings. The molecule has 0 heterocycles. The highest BCUT2D eigenvalue weighted by atomic mass is 35.5. The van der Waals surface area contributed by atoms with Crippen molar-refractivity contribution in [2.75, 3.05) is 24.7 Å². The van der Waals surface area contributed by atoms with E-state index in [4.69, 9.17) is 32.1 Å². The third kappa shape index (κ3) is 7.92. The van der Waals surface area contributed by atoms with Crippen molar-refractivity contribution in [3.63, 3.8) is 0 Å². The smallest absolute Gasteiger partial charge is 0.408 e. The number of likely N-dealkylation sites (N-methyl/N-ethyl adjacent to an activating group) is 1. The van der Waals surface area contributed by atoms with Crippen LogP contribution >= 0.6 is 23.2 Å². The molecule has 152 valence electrons. The van der Waals surface area contributed by atoms with E-state index in [1.807, 2.05) is 0 Å². The summed E-state index contributed by atoms with van der Waals surface area (Å²) in [7, 11) is -2.24. The van der Waals surface area contributed by atoms with E-state index in [0.29, 0.717) is 0 Å². The molecule has 0 unspecified atom stereocenters. The number of halogens is 2. The van der Waals surface area contributed by atoms with Crippen LogP contribution in [0.25, 0.3) is 0 Å². The lowest BCUT2D eigenvalue weighted by Crippen LogP contribution is -2.40. The van der Waals surface area contributed by atoms with Crippen molar-refractivity contribution < 1.29 is 26.9 Å². The third-order valence-electron chi connectivity index (χ3n) is 3.10. The zero-order valence-electron chi connectivity index (χ0n) is 15.6. The minimum absolute atomic E-state index is 0.0688. The summed E-state index contributed by atoms with van der Waals surface area (Å²) < 4.78 is 32.1. The Morgan fingerprint density at radius 2 is 1.81 bits per heavy atom. The second-order valence-corrected chi connectivity index (χ2v) is 9.06. The molecule has 0 aliphatic heterocycles. The van der Waals surface area contributed by atoms with Crippen LogP contribution in [0.1, 0.15) is 26.3 Å². The molecule has 1 aromatic carbocycles. The monoisotopic (exact) mass is 440 g/mol. The topological polar surface area (TPSA) is 102 Å². The van der Waals surface area contributed by atoms with E-state index >= 15 is 0 Å². The summed E-state index contributed by atoms with van der Waals surface area (Å²) in [6, 6.07) is 2.97. The molecule has 0 saturated heterocycles. The first-order chi connectivity index (χ1) is 12.2. The zero-order chi connectivity index (χ0) is 21.0. The maximum absolute atomic E-state index is 12.3. The van der Waals surface area contributed by atoms with Crippen molar-refractivity contribution in [1.82, 2.24) is 5.32 Å². The molecule has 0 bridgehead atoms. The number of nitrogens with zero attached hydrogens (tertiary/aromatic N) is 1. The fourth-order valence-corrected chi connectivity index (χ4v) is 2.80. The Kier molecular flexibility index (Phi) is 7.91. The van der Waals surface area contributed by atoms with Crippen molar-refractivity contribution in [1.29, 1.82) is 0 Å². The lowest BCUT2D eigenvalue weighted by atomic mass is 10.2. The molecule has 1 N–H and O–H groups in total. The second kappa shape index (κ2) is 9.09. The van der Waals surface area contributed by atoms with Gasteiger partial charge in [0.1, 0.15) is 12.1 Å². The van der Waals surface area contributed by atoms with Gasteiger partial charge in [-0.1, -0.05) is 23.2 Å². The number of ether oxygens (including phenoxy) is 1. The highest BCUT2D eigenvalue weighted by Gasteiger charge is 2.21. The SMILES string of the molecule is CN(C(=O)CNC(=O)OC(C)(C)C)c1ccc(Cl)c(COS(C)(=O)=O)c1Cl. The molecular weight excluding hydrogens is 419 g/mol. The molecule has 0 aromatic heterocycles. The summed E-state index contributed by atoms with van der Waals surface area (Å²) >= 11 is 12.3. The number of amides is 2. The van der Waals surface area contributed by atoms with Gasteiger partial charge in [0, 0.05) is 17.6 Å². The first kappa shape index (κ1) is 23.5. The van der Waals surface area contributed by atoms with Crippen LogP contribution in [0.15, 0.2) is 12.1 Å². The molecule has 8 nitrogen and oxygen atoms in total. The Morgan fingerprint density at radius 1 is 1.22 bits per heavy atom. The first-order valence-corrected chi connectivity index (χ1v) is 10.3. The molecule has 1 rings (SSSR count). The minimum Gasteiger partial charge on any atom is -0.444 e. The van der Waals surface area contributed by atoms with Gasteiger partial charge in [-0.15, -0.1) is 0 Å². The maximum atomic E-state index is 12.3. The van der Waals surface area contributed by atoms with E-state index in [-0.39, 0.29) is 34.4 Å². The van der Waals surface area contributed by atoms with Crippen LogP contribution in [0.5, 0.6) is 0 Å². The summed E-state index contributed by atoms with van der Waals surface area (Å²) in [6.07, 6.45) is 0.171. The Balaban J connectivity index is 2.89. The van der Waals surface area contributed by atoms with E-state index in [2.05, 4.69) is 5.32 Å². The van der Waals surface area contributed by atoms with Gasteiger partial charge in [-0.2, -0.15) is 8.42 Å². The predicted octanol–water partition coefficient (Wildman–Crippen LogP) is 2.96. The van der Waals surface area contributed by atoms with Crippen molar-refractivity contribution in [2.24, 2.45) is 0 Å². The number of hydrogen-bond acceptors (Lipinski definition) is 6. The Hall–Kier alpha value is -1.55. The summed E-state index contributed by atoms with van der Waals surface area (Å²) in [5.74, 6) is -0.472. The third-order valence-corrected chi connectivity index (χ3v) is 4.42.